The highest BCUT2D eigenvalue weighted by Gasteiger charge is 2.19. The number of aromatic nitrogens is 2. The minimum Gasteiger partial charge on any atom is -0.469 e. The Morgan fingerprint density at radius 3 is 2.84 bits per heavy atom. The first kappa shape index (κ1) is 16.7. The molecule has 0 saturated heterocycles. The van der Waals surface area contributed by atoms with Gasteiger partial charge >= 0.3 is 11.7 Å². The van der Waals surface area contributed by atoms with Gasteiger partial charge in [-0.05, 0) is 48.2 Å². The Labute approximate surface area is 145 Å². The van der Waals surface area contributed by atoms with E-state index in [1.165, 1.54) is 7.11 Å². The fourth-order valence-electron chi connectivity index (χ4n) is 2.99. The lowest BCUT2D eigenvalue weighted by Crippen LogP contribution is -2.03. The molecule has 0 fully saturated rings. The Bertz CT molecular complexity index is 999. The summed E-state index contributed by atoms with van der Waals surface area (Å²) in [7, 11) is 3.28. The van der Waals surface area contributed by atoms with Gasteiger partial charge in [0.15, 0.2) is 4.98 Å². The summed E-state index contributed by atoms with van der Waals surface area (Å²) in [5.74, 6) is -0.242. The highest BCUT2D eigenvalue weighted by molar-refractivity contribution is 5.88. The van der Waals surface area contributed by atoms with E-state index < -0.39 is 0 Å². The van der Waals surface area contributed by atoms with Crippen molar-refractivity contribution < 1.29 is 9.53 Å². The maximum absolute atomic E-state index is 11.4. The van der Waals surface area contributed by atoms with E-state index in [1.807, 2.05) is 49.0 Å². The third-order valence-corrected chi connectivity index (χ3v) is 4.45. The van der Waals surface area contributed by atoms with Gasteiger partial charge in [-0.1, -0.05) is 6.07 Å². The summed E-state index contributed by atoms with van der Waals surface area (Å²) in [6, 6.07) is 9.80. The molecule has 0 spiro atoms. The monoisotopic (exact) mass is 335 g/mol. The Morgan fingerprint density at radius 2 is 2.12 bits per heavy atom. The fourth-order valence-corrected chi connectivity index (χ4v) is 2.99. The first-order valence-electron chi connectivity index (χ1n) is 8.01. The molecule has 6 nitrogen and oxygen atoms in total. The van der Waals surface area contributed by atoms with Crippen LogP contribution in [0.15, 0.2) is 36.5 Å². The minimum absolute atomic E-state index is 0.242. The van der Waals surface area contributed by atoms with E-state index in [0.29, 0.717) is 18.5 Å². The van der Waals surface area contributed by atoms with Gasteiger partial charge in [0.05, 0.1) is 24.4 Å². The molecule has 1 aromatic heterocycles. The fraction of sp³-hybridized carbons (Fsp3) is 0.263. The van der Waals surface area contributed by atoms with E-state index in [2.05, 4.69) is 10.1 Å². The smallest absolute Gasteiger partial charge is 0.393 e. The Kier molecular flexibility index (Phi) is 4.48. The number of hydrogen-bond donors (Lipinski definition) is 0. The van der Waals surface area contributed by atoms with Crippen molar-refractivity contribution >= 4 is 22.6 Å². The SMILES string of the molecule is COC(=O)CCc1cc(-c2ccc3c(cnn3C)c2)c([N+]#N)cc1C. The molecular weight excluding hydrogens is 316 g/mol. The maximum atomic E-state index is 11.4. The van der Waals surface area contributed by atoms with Crippen LogP contribution in [0.4, 0.5) is 5.69 Å². The zero-order valence-electron chi connectivity index (χ0n) is 14.5. The van der Waals surface area contributed by atoms with Crippen LogP contribution >= 0.6 is 0 Å². The number of benzene rings is 2. The van der Waals surface area contributed by atoms with Crippen LogP contribution in [0.3, 0.4) is 0 Å². The van der Waals surface area contributed by atoms with Gasteiger partial charge in [0.1, 0.15) is 0 Å². The largest absolute Gasteiger partial charge is 0.469 e. The van der Waals surface area contributed by atoms with Crippen molar-refractivity contribution in [1.82, 2.24) is 9.78 Å². The van der Waals surface area contributed by atoms with Crippen molar-refractivity contribution in [3.8, 4) is 11.1 Å². The number of fused-ring (bicyclic) bond motifs is 1. The van der Waals surface area contributed by atoms with Crippen LogP contribution in [-0.4, -0.2) is 22.9 Å². The van der Waals surface area contributed by atoms with Gasteiger partial charge in [0.2, 0.25) is 5.39 Å². The van der Waals surface area contributed by atoms with Crippen molar-refractivity contribution in [3.63, 3.8) is 0 Å². The molecule has 0 saturated carbocycles. The molecule has 0 aliphatic carbocycles. The Morgan fingerprint density at radius 1 is 1.32 bits per heavy atom. The molecule has 3 rings (SSSR count). The molecule has 1 heterocycles. The molecule has 0 radical (unpaired) electrons. The Balaban J connectivity index is 2.06. The van der Waals surface area contributed by atoms with Gasteiger partial charge in [-0.2, -0.15) is 5.10 Å². The van der Waals surface area contributed by atoms with Gasteiger partial charge < -0.3 is 4.74 Å². The number of ether oxygens (including phenoxy) is 1. The summed E-state index contributed by atoms with van der Waals surface area (Å²) in [6.07, 6.45) is 2.70. The summed E-state index contributed by atoms with van der Waals surface area (Å²) in [4.78, 5) is 14.9. The molecule has 25 heavy (non-hydrogen) atoms. The van der Waals surface area contributed by atoms with Crippen LogP contribution in [0.5, 0.6) is 0 Å². The van der Waals surface area contributed by atoms with Gasteiger partial charge in [0, 0.05) is 24.9 Å². The van der Waals surface area contributed by atoms with Crippen molar-refractivity contribution in [2.75, 3.05) is 7.11 Å². The number of methoxy groups -OCH3 is 1. The molecule has 6 heteroatoms. The van der Waals surface area contributed by atoms with Gasteiger partial charge in [0.25, 0.3) is 0 Å². The maximum Gasteiger partial charge on any atom is 0.393 e. The number of aryl methyl sites for hydroxylation is 3. The Hall–Kier alpha value is -3.20. The summed E-state index contributed by atoms with van der Waals surface area (Å²) >= 11 is 0. The molecule has 0 atom stereocenters. The third kappa shape index (κ3) is 3.22. The molecular formula is C19H19N4O2+. The van der Waals surface area contributed by atoms with E-state index in [-0.39, 0.29) is 5.97 Å². The number of nitrogens with zero attached hydrogens (tertiary/aromatic N) is 4. The first-order chi connectivity index (χ1) is 12.0. The number of esters is 1. The lowest BCUT2D eigenvalue weighted by Gasteiger charge is -2.07. The lowest BCUT2D eigenvalue weighted by atomic mass is 9.95. The molecule has 0 aliphatic rings. The summed E-state index contributed by atoms with van der Waals surface area (Å²) < 4.78 is 6.53. The number of carbonyl (C=O) groups is 1. The third-order valence-electron chi connectivity index (χ3n) is 4.45. The number of rotatable bonds is 4. The molecule has 0 aliphatic heterocycles. The van der Waals surface area contributed by atoms with Crippen molar-refractivity contribution in [3.05, 3.63) is 52.6 Å². The average Bonchev–Trinajstić information content (AvgIpc) is 3.00. The van der Waals surface area contributed by atoms with E-state index in [4.69, 9.17) is 4.74 Å². The zero-order valence-corrected chi connectivity index (χ0v) is 14.5. The van der Waals surface area contributed by atoms with E-state index in [0.717, 1.165) is 33.2 Å². The van der Waals surface area contributed by atoms with E-state index in [9.17, 15) is 10.2 Å². The molecule has 0 bridgehead atoms. The van der Waals surface area contributed by atoms with Crippen molar-refractivity contribution in [2.24, 2.45) is 7.05 Å². The van der Waals surface area contributed by atoms with Crippen LogP contribution in [0.1, 0.15) is 17.5 Å². The van der Waals surface area contributed by atoms with E-state index >= 15 is 0 Å². The second-order valence-electron chi connectivity index (χ2n) is 6.01. The van der Waals surface area contributed by atoms with Crippen LogP contribution in [0, 0.1) is 12.3 Å². The molecule has 2 aromatic carbocycles. The predicted molar refractivity (Wildman–Crippen MR) is 96.0 cm³/mol. The first-order valence-corrected chi connectivity index (χ1v) is 8.01. The van der Waals surface area contributed by atoms with Gasteiger partial charge in [-0.25, -0.2) is 0 Å². The standard InChI is InChI=1S/C19H19N4O2/c1-12-8-17(22-20)16(10-13(12)5-7-19(24)25-3)14-4-6-18-15(9-14)11-21-23(18)2/h4,6,8-11H,5,7H2,1-3H3/q+1. The molecule has 0 N–H and O–H groups in total. The topological polar surface area (TPSA) is 72.3 Å². The number of carbonyl (C=O) groups excluding carboxylic acids is 1. The molecule has 0 unspecified atom stereocenters. The quantitative estimate of drug-likeness (QED) is 0.530. The predicted octanol–water partition coefficient (Wildman–Crippen LogP) is 4.14. The van der Waals surface area contributed by atoms with Crippen LogP contribution in [-0.2, 0) is 23.0 Å². The number of hydrogen-bond acceptors (Lipinski definition) is 4. The highest BCUT2D eigenvalue weighted by Crippen LogP contribution is 2.35. The van der Waals surface area contributed by atoms with Crippen LogP contribution in [0.2, 0.25) is 0 Å². The normalized spacial score (nSPS) is 10.6. The summed E-state index contributed by atoms with van der Waals surface area (Å²) in [5, 5.41) is 14.7. The second kappa shape index (κ2) is 6.73. The molecule has 0 amide bonds. The molecule has 3 aromatic rings. The lowest BCUT2D eigenvalue weighted by molar-refractivity contribution is -0.140. The summed E-state index contributed by atoms with van der Waals surface area (Å²) in [5.41, 5.74) is 5.29. The zero-order chi connectivity index (χ0) is 18.0. The van der Waals surface area contributed by atoms with Gasteiger partial charge in [-0.15, -0.1) is 0 Å². The van der Waals surface area contributed by atoms with Crippen molar-refractivity contribution in [2.45, 2.75) is 19.8 Å². The minimum atomic E-state index is -0.242. The number of diazo groups is 1. The van der Waals surface area contributed by atoms with Crippen LogP contribution in [0.25, 0.3) is 27.0 Å². The molecule has 126 valence electrons. The average molecular weight is 335 g/mol. The second-order valence-corrected chi connectivity index (χ2v) is 6.01. The van der Waals surface area contributed by atoms with Gasteiger partial charge in [-0.3, -0.25) is 9.48 Å². The highest BCUT2D eigenvalue weighted by atomic mass is 16.5. The van der Waals surface area contributed by atoms with E-state index in [1.54, 1.807) is 6.20 Å². The van der Waals surface area contributed by atoms with Crippen molar-refractivity contribution in [1.29, 1.82) is 5.39 Å². The summed E-state index contributed by atoms with van der Waals surface area (Å²) in [6.45, 7) is 1.94. The van der Waals surface area contributed by atoms with Crippen LogP contribution < -0.4 is 0 Å².